The first-order valence-corrected chi connectivity index (χ1v) is 10.3. The molecule has 154 valence electrons. The fourth-order valence-corrected chi connectivity index (χ4v) is 3.92. The fraction of sp³-hybridized carbons (Fsp3) is 0.320. The number of fused-ring (bicyclic) bond motifs is 1. The molecule has 5 heteroatoms. The van der Waals surface area contributed by atoms with Gasteiger partial charge in [0.2, 0.25) is 5.88 Å². The lowest BCUT2D eigenvalue weighted by Crippen LogP contribution is -2.10. The lowest BCUT2D eigenvalue weighted by molar-refractivity contribution is -0.119. The van der Waals surface area contributed by atoms with Crippen molar-refractivity contribution in [2.24, 2.45) is 16.1 Å². The predicted molar refractivity (Wildman–Crippen MR) is 119 cm³/mol. The lowest BCUT2D eigenvalue weighted by atomic mass is 9.86. The number of para-hydroxylation sites is 1. The standard InChI is InChI=1S/C25H27N3O2/c1-5-14-28-21-9-7-6-8-18(21)22(24(28)30)26-27-23(29)20-15-19(20)16-10-12-17(13-11-16)25(2,3)4/h5-13,19-20,30H,1,14-15H2,2-4H3/t19-,20-/m1/s1. The van der Waals surface area contributed by atoms with Crippen LogP contribution in [0.5, 0.6) is 5.88 Å². The van der Waals surface area contributed by atoms with Gasteiger partial charge in [-0.15, -0.1) is 16.8 Å². The largest absolute Gasteiger partial charge is 0.493 e. The van der Waals surface area contributed by atoms with E-state index in [-0.39, 0.29) is 29.0 Å². The van der Waals surface area contributed by atoms with E-state index in [0.717, 1.165) is 17.3 Å². The van der Waals surface area contributed by atoms with Crippen LogP contribution in [0, 0.1) is 5.92 Å². The molecule has 1 aliphatic rings. The van der Waals surface area contributed by atoms with E-state index in [4.69, 9.17) is 0 Å². The summed E-state index contributed by atoms with van der Waals surface area (Å²) in [4.78, 5) is 12.6. The predicted octanol–water partition coefficient (Wildman–Crippen LogP) is 6.24. The zero-order chi connectivity index (χ0) is 21.5. The Kier molecular flexibility index (Phi) is 5.06. The molecule has 1 heterocycles. The Balaban J connectivity index is 1.52. The average Bonchev–Trinajstić information content (AvgIpc) is 3.48. The van der Waals surface area contributed by atoms with Crippen molar-refractivity contribution in [2.45, 2.75) is 45.1 Å². The fourth-order valence-electron chi connectivity index (χ4n) is 3.92. The number of rotatable bonds is 5. The third kappa shape index (κ3) is 3.67. The highest BCUT2D eigenvalue weighted by atomic mass is 16.3. The van der Waals surface area contributed by atoms with E-state index < -0.39 is 0 Å². The monoisotopic (exact) mass is 401 g/mol. The van der Waals surface area contributed by atoms with Crippen LogP contribution in [0.4, 0.5) is 5.69 Å². The van der Waals surface area contributed by atoms with Crippen molar-refractivity contribution < 1.29 is 9.90 Å². The van der Waals surface area contributed by atoms with E-state index in [1.54, 1.807) is 10.6 Å². The number of carbonyl (C=O) groups is 1. The first kappa shape index (κ1) is 20.1. The smallest absolute Gasteiger partial charge is 0.268 e. The summed E-state index contributed by atoms with van der Waals surface area (Å²) in [5.41, 5.74) is 3.72. The van der Waals surface area contributed by atoms with Gasteiger partial charge in [0.25, 0.3) is 5.91 Å². The molecule has 0 spiro atoms. The highest BCUT2D eigenvalue weighted by molar-refractivity contribution is 5.95. The maximum absolute atomic E-state index is 12.6. The molecular formula is C25H27N3O2. The summed E-state index contributed by atoms with van der Waals surface area (Å²) in [6.45, 7) is 10.7. The van der Waals surface area contributed by atoms with Crippen LogP contribution in [0.25, 0.3) is 10.9 Å². The van der Waals surface area contributed by atoms with E-state index in [1.165, 1.54) is 11.1 Å². The van der Waals surface area contributed by atoms with Crippen LogP contribution in [0.3, 0.4) is 0 Å². The third-order valence-corrected chi connectivity index (χ3v) is 5.79. The average molecular weight is 402 g/mol. The van der Waals surface area contributed by atoms with E-state index in [9.17, 15) is 9.90 Å². The summed E-state index contributed by atoms with van der Waals surface area (Å²) in [5.74, 6) is -0.184. The number of allylic oxidation sites excluding steroid dienone is 1. The maximum atomic E-state index is 12.6. The zero-order valence-corrected chi connectivity index (χ0v) is 17.7. The Hall–Kier alpha value is -3.21. The molecule has 2 aromatic carbocycles. The van der Waals surface area contributed by atoms with Crippen LogP contribution in [-0.2, 0) is 16.8 Å². The van der Waals surface area contributed by atoms with Crippen LogP contribution in [-0.4, -0.2) is 15.6 Å². The Labute approximate surface area is 176 Å². The van der Waals surface area contributed by atoms with Crippen molar-refractivity contribution in [3.8, 4) is 5.88 Å². The minimum absolute atomic E-state index is 0.00207. The number of benzene rings is 2. The van der Waals surface area contributed by atoms with Crippen LogP contribution in [0.1, 0.15) is 44.2 Å². The Morgan fingerprint density at radius 2 is 1.90 bits per heavy atom. The quantitative estimate of drug-likeness (QED) is 0.406. The summed E-state index contributed by atoms with van der Waals surface area (Å²) in [7, 11) is 0. The van der Waals surface area contributed by atoms with Crippen molar-refractivity contribution in [3.05, 3.63) is 72.3 Å². The van der Waals surface area contributed by atoms with Crippen LogP contribution in [0.15, 0.2) is 71.4 Å². The highest BCUT2D eigenvalue weighted by Gasteiger charge is 2.44. The van der Waals surface area contributed by atoms with Gasteiger partial charge in [0.15, 0.2) is 5.69 Å². The molecule has 1 saturated carbocycles. The van der Waals surface area contributed by atoms with Gasteiger partial charge in [0.05, 0.1) is 5.52 Å². The molecule has 4 rings (SSSR count). The number of amides is 1. The van der Waals surface area contributed by atoms with Crippen LogP contribution in [0.2, 0.25) is 0 Å². The zero-order valence-electron chi connectivity index (χ0n) is 17.7. The Morgan fingerprint density at radius 1 is 1.20 bits per heavy atom. The van der Waals surface area contributed by atoms with Gasteiger partial charge in [-0.1, -0.05) is 69.3 Å². The summed E-state index contributed by atoms with van der Waals surface area (Å²) in [5, 5.41) is 19.4. The van der Waals surface area contributed by atoms with Gasteiger partial charge in [-0.25, -0.2) is 0 Å². The summed E-state index contributed by atoms with van der Waals surface area (Å²) >= 11 is 0. The van der Waals surface area contributed by atoms with Gasteiger partial charge in [-0.05, 0) is 34.9 Å². The van der Waals surface area contributed by atoms with Gasteiger partial charge in [-0.3, -0.25) is 4.79 Å². The summed E-state index contributed by atoms with van der Waals surface area (Å²) in [6, 6.07) is 16.1. The topological polar surface area (TPSA) is 66.9 Å². The second kappa shape index (κ2) is 7.56. The van der Waals surface area contributed by atoms with Crippen molar-refractivity contribution in [2.75, 3.05) is 0 Å². The first-order chi connectivity index (χ1) is 14.3. The van der Waals surface area contributed by atoms with Crippen molar-refractivity contribution in [1.29, 1.82) is 0 Å². The van der Waals surface area contributed by atoms with E-state index >= 15 is 0 Å². The minimum Gasteiger partial charge on any atom is -0.493 e. The Bertz CT molecular complexity index is 1130. The van der Waals surface area contributed by atoms with E-state index in [0.29, 0.717) is 12.2 Å². The molecule has 1 fully saturated rings. The summed E-state index contributed by atoms with van der Waals surface area (Å²) in [6.07, 6.45) is 2.49. The lowest BCUT2D eigenvalue weighted by Gasteiger charge is -2.19. The molecule has 1 aromatic heterocycles. The molecule has 5 nitrogen and oxygen atoms in total. The van der Waals surface area contributed by atoms with Gasteiger partial charge in [0.1, 0.15) is 0 Å². The molecular weight excluding hydrogens is 374 g/mol. The Morgan fingerprint density at radius 3 is 2.57 bits per heavy atom. The number of hydrogen-bond donors (Lipinski definition) is 1. The molecule has 0 saturated heterocycles. The van der Waals surface area contributed by atoms with Gasteiger partial charge < -0.3 is 9.67 Å². The SMILES string of the molecule is C=CCn1c(O)c(N=NC(=O)[C@@H]2C[C@@H]2c2ccc(C(C)(C)C)cc2)c2ccccc21. The molecule has 3 aromatic rings. The highest BCUT2D eigenvalue weighted by Crippen LogP contribution is 2.49. The third-order valence-electron chi connectivity index (χ3n) is 5.79. The number of aromatic hydroxyl groups is 1. The van der Waals surface area contributed by atoms with Crippen molar-refractivity contribution in [1.82, 2.24) is 4.57 Å². The molecule has 1 aliphatic carbocycles. The second-order valence-corrected chi connectivity index (χ2v) is 8.95. The van der Waals surface area contributed by atoms with Crippen LogP contribution < -0.4 is 0 Å². The van der Waals surface area contributed by atoms with E-state index in [2.05, 4.69) is 61.8 Å². The second-order valence-electron chi connectivity index (χ2n) is 8.95. The van der Waals surface area contributed by atoms with Gasteiger partial charge in [-0.2, -0.15) is 0 Å². The molecule has 0 aliphatic heterocycles. The molecule has 1 N–H and O–H groups in total. The normalized spacial score (nSPS) is 18.8. The maximum Gasteiger partial charge on any atom is 0.268 e. The number of hydrogen-bond acceptors (Lipinski definition) is 3. The molecule has 0 radical (unpaired) electrons. The van der Waals surface area contributed by atoms with Crippen molar-refractivity contribution in [3.63, 3.8) is 0 Å². The van der Waals surface area contributed by atoms with Crippen LogP contribution >= 0.6 is 0 Å². The molecule has 0 unspecified atom stereocenters. The molecule has 1 amide bonds. The van der Waals surface area contributed by atoms with Crippen molar-refractivity contribution >= 4 is 22.5 Å². The van der Waals surface area contributed by atoms with E-state index in [1.807, 2.05) is 24.3 Å². The minimum atomic E-state index is -0.236. The molecule has 2 atom stereocenters. The number of nitrogens with zero attached hydrogens (tertiary/aromatic N) is 3. The molecule has 0 bridgehead atoms. The van der Waals surface area contributed by atoms with Gasteiger partial charge >= 0.3 is 0 Å². The number of azo groups is 1. The summed E-state index contributed by atoms with van der Waals surface area (Å²) < 4.78 is 1.71. The number of aromatic nitrogens is 1. The van der Waals surface area contributed by atoms with Gasteiger partial charge in [0, 0.05) is 17.8 Å². The molecule has 30 heavy (non-hydrogen) atoms. The number of carbonyl (C=O) groups excluding carboxylic acids is 1. The first-order valence-electron chi connectivity index (χ1n) is 10.3.